The van der Waals surface area contributed by atoms with E-state index in [1.807, 2.05) is 24.3 Å². The molecule has 112 valence electrons. The number of nitrogens with one attached hydrogen (secondary N) is 1. The molecule has 5 nitrogen and oxygen atoms in total. The van der Waals surface area contributed by atoms with Crippen LogP contribution in [0, 0.1) is 6.92 Å². The number of sulfonamides is 1. The first-order chi connectivity index (χ1) is 9.98. The number of H-pyrrole nitrogens is 1. The van der Waals surface area contributed by atoms with Crippen molar-refractivity contribution in [3.63, 3.8) is 0 Å². The summed E-state index contributed by atoms with van der Waals surface area (Å²) in [5, 5.41) is 0.168. The number of aryl methyl sites for hydroxylation is 1. The maximum Gasteiger partial charge on any atom is 0.260 e. The normalized spacial score (nSPS) is 20.0. The largest absolute Gasteiger partial charge is 0.332 e. The van der Waals surface area contributed by atoms with Crippen molar-refractivity contribution >= 4 is 26.0 Å². The van der Waals surface area contributed by atoms with E-state index in [2.05, 4.69) is 25.9 Å². The Kier molecular flexibility index (Phi) is 3.90. The van der Waals surface area contributed by atoms with Crippen LogP contribution in [0.15, 0.2) is 40.0 Å². The van der Waals surface area contributed by atoms with Crippen molar-refractivity contribution in [3.05, 3.63) is 46.3 Å². The topological polar surface area (TPSA) is 66.1 Å². The third kappa shape index (κ3) is 2.77. The summed E-state index contributed by atoms with van der Waals surface area (Å²) in [7, 11) is -3.53. The van der Waals surface area contributed by atoms with E-state index in [0.717, 1.165) is 22.9 Å². The van der Waals surface area contributed by atoms with Gasteiger partial charge in [0.1, 0.15) is 5.82 Å². The van der Waals surface area contributed by atoms with E-state index in [0.29, 0.717) is 12.4 Å². The summed E-state index contributed by atoms with van der Waals surface area (Å²) in [6.07, 6.45) is 3.09. The summed E-state index contributed by atoms with van der Waals surface area (Å²) in [6, 6.07) is 7.72. The Labute approximate surface area is 132 Å². The molecule has 1 saturated heterocycles. The van der Waals surface area contributed by atoms with Gasteiger partial charge in [0.2, 0.25) is 0 Å². The quantitative estimate of drug-likeness (QED) is 0.903. The monoisotopic (exact) mass is 369 g/mol. The fourth-order valence-electron chi connectivity index (χ4n) is 2.73. The molecular weight excluding hydrogens is 354 g/mol. The van der Waals surface area contributed by atoms with Gasteiger partial charge in [0.05, 0.1) is 12.2 Å². The van der Waals surface area contributed by atoms with Gasteiger partial charge in [-0.1, -0.05) is 28.1 Å². The van der Waals surface area contributed by atoms with Crippen molar-refractivity contribution in [2.24, 2.45) is 0 Å². The molecule has 7 heteroatoms. The summed E-state index contributed by atoms with van der Waals surface area (Å²) >= 11 is 3.44. The second kappa shape index (κ2) is 5.55. The van der Waals surface area contributed by atoms with Crippen LogP contribution >= 0.6 is 15.9 Å². The molecule has 2 aromatic rings. The van der Waals surface area contributed by atoms with Crippen molar-refractivity contribution in [3.8, 4) is 0 Å². The van der Waals surface area contributed by atoms with E-state index in [-0.39, 0.29) is 11.1 Å². The fourth-order valence-corrected chi connectivity index (χ4v) is 4.79. The number of benzene rings is 1. The van der Waals surface area contributed by atoms with Crippen molar-refractivity contribution in [1.29, 1.82) is 0 Å². The molecule has 0 radical (unpaired) electrons. The Morgan fingerprint density at radius 2 is 2.24 bits per heavy atom. The number of halogens is 1. The zero-order valence-electron chi connectivity index (χ0n) is 11.6. The number of hydrogen-bond donors (Lipinski definition) is 1. The second-order valence-electron chi connectivity index (χ2n) is 5.16. The molecule has 21 heavy (non-hydrogen) atoms. The van der Waals surface area contributed by atoms with Crippen LogP contribution < -0.4 is 0 Å². The van der Waals surface area contributed by atoms with Crippen LogP contribution in [-0.2, 0) is 10.0 Å². The third-order valence-electron chi connectivity index (χ3n) is 3.70. The first kappa shape index (κ1) is 14.7. The molecule has 3 rings (SSSR count). The highest BCUT2D eigenvalue weighted by Gasteiger charge is 2.37. The van der Waals surface area contributed by atoms with E-state index in [1.165, 1.54) is 6.20 Å². The lowest BCUT2D eigenvalue weighted by molar-refractivity contribution is 0.395. The lowest BCUT2D eigenvalue weighted by Gasteiger charge is -2.23. The van der Waals surface area contributed by atoms with Crippen LogP contribution in [0.4, 0.5) is 0 Å². The molecule has 0 spiro atoms. The van der Waals surface area contributed by atoms with Crippen LogP contribution in [0.5, 0.6) is 0 Å². The molecule has 1 N–H and O–H groups in total. The van der Waals surface area contributed by atoms with Gasteiger partial charge in [-0.25, -0.2) is 13.4 Å². The minimum Gasteiger partial charge on any atom is -0.332 e. The molecule has 0 saturated carbocycles. The molecule has 1 unspecified atom stereocenters. The molecule has 0 aliphatic carbocycles. The molecular formula is C14H16BrN3O2S. The molecule has 0 amide bonds. The Hall–Kier alpha value is -1.18. The van der Waals surface area contributed by atoms with Gasteiger partial charge in [0.15, 0.2) is 5.03 Å². The van der Waals surface area contributed by atoms with Crippen LogP contribution in [0.1, 0.15) is 30.3 Å². The first-order valence-electron chi connectivity index (χ1n) is 6.77. The molecule has 1 aromatic heterocycles. The van der Waals surface area contributed by atoms with Crippen LogP contribution in [0.2, 0.25) is 0 Å². The average Bonchev–Trinajstić information content (AvgIpc) is 3.07. The lowest BCUT2D eigenvalue weighted by Crippen LogP contribution is -2.31. The van der Waals surface area contributed by atoms with E-state index in [1.54, 1.807) is 11.2 Å². The Morgan fingerprint density at radius 1 is 1.43 bits per heavy atom. The van der Waals surface area contributed by atoms with Crippen LogP contribution in [0.25, 0.3) is 0 Å². The summed E-state index contributed by atoms with van der Waals surface area (Å²) in [5.74, 6) is 0.603. The van der Waals surface area contributed by atoms with Gasteiger partial charge in [-0.15, -0.1) is 0 Å². The smallest absolute Gasteiger partial charge is 0.260 e. The van der Waals surface area contributed by atoms with E-state index in [9.17, 15) is 8.42 Å². The summed E-state index contributed by atoms with van der Waals surface area (Å²) in [5.41, 5.74) is 1.02. The maximum atomic E-state index is 12.8. The second-order valence-corrected chi connectivity index (χ2v) is 7.94. The summed E-state index contributed by atoms with van der Waals surface area (Å²) in [4.78, 5) is 6.82. The number of imidazole rings is 1. The molecule has 1 fully saturated rings. The van der Waals surface area contributed by atoms with Gasteiger partial charge in [-0.05, 0) is 37.5 Å². The van der Waals surface area contributed by atoms with Crippen molar-refractivity contribution < 1.29 is 8.42 Å². The highest BCUT2D eigenvalue weighted by atomic mass is 79.9. The number of aromatic amines is 1. The van der Waals surface area contributed by atoms with Crippen LogP contribution in [-0.4, -0.2) is 29.2 Å². The van der Waals surface area contributed by atoms with Gasteiger partial charge >= 0.3 is 0 Å². The molecule has 1 atom stereocenters. The first-order valence-corrected chi connectivity index (χ1v) is 9.01. The van der Waals surface area contributed by atoms with Gasteiger partial charge < -0.3 is 4.98 Å². The van der Waals surface area contributed by atoms with Gasteiger partial charge in [0.25, 0.3) is 10.0 Å². The van der Waals surface area contributed by atoms with E-state index >= 15 is 0 Å². The Morgan fingerprint density at radius 3 is 2.90 bits per heavy atom. The number of rotatable bonds is 3. The fraction of sp³-hybridized carbons (Fsp3) is 0.357. The highest BCUT2D eigenvalue weighted by molar-refractivity contribution is 9.10. The van der Waals surface area contributed by atoms with Crippen molar-refractivity contribution in [2.45, 2.75) is 30.8 Å². The Bertz CT molecular complexity index is 757. The minimum absolute atomic E-state index is 0.115. The number of aromatic nitrogens is 2. The number of nitrogens with zero attached hydrogens (tertiary/aromatic N) is 2. The predicted octanol–water partition coefficient (Wildman–Crippen LogP) is 3.01. The Balaban J connectivity index is 1.97. The minimum atomic E-state index is -3.53. The number of hydrogen-bond acceptors (Lipinski definition) is 3. The zero-order valence-corrected chi connectivity index (χ0v) is 14.0. The SMILES string of the molecule is Cc1ncc(S(=O)(=O)N2CCCC2c2cccc(Br)c2)[nH]1. The van der Waals surface area contributed by atoms with Gasteiger partial charge in [-0.3, -0.25) is 0 Å². The average molecular weight is 370 g/mol. The maximum absolute atomic E-state index is 12.8. The van der Waals surface area contributed by atoms with Crippen molar-refractivity contribution in [2.75, 3.05) is 6.54 Å². The van der Waals surface area contributed by atoms with Gasteiger partial charge in [0, 0.05) is 11.0 Å². The van der Waals surface area contributed by atoms with Crippen molar-refractivity contribution in [1.82, 2.24) is 14.3 Å². The summed E-state index contributed by atoms with van der Waals surface area (Å²) < 4.78 is 28.0. The third-order valence-corrected chi connectivity index (χ3v) is 6.01. The van der Waals surface area contributed by atoms with E-state index < -0.39 is 10.0 Å². The predicted molar refractivity (Wildman–Crippen MR) is 83.3 cm³/mol. The standard InChI is InChI=1S/C14H16BrN3O2S/c1-10-16-9-14(17-10)21(19,20)18-7-3-6-13(18)11-4-2-5-12(15)8-11/h2,4-5,8-9,13H,3,6-7H2,1H3,(H,16,17). The molecule has 0 bridgehead atoms. The zero-order chi connectivity index (χ0) is 15.0. The van der Waals surface area contributed by atoms with Gasteiger partial charge in [-0.2, -0.15) is 4.31 Å². The highest BCUT2D eigenvalue weighted by Crippen LogP contribution is 2.36. The summed E-state index contributed by atoms with van der Waals surface area (Å²) in [6.45, 7) is 2.28. The molecule has 2 heterocycles. The van der Waals surface area contributed by atoms with E-state index in [4.69, 9.17) is 0 Å². The molecule has 1 aliphatic rings. The van der Waals surface area contributed by atoms with Crippen LogP contribution in [0.3, 0.4) is 0 Å². The lowest BCUT2D eigenvalue weighted by atomic mass is 10.1. The molecule has 1 aromatic carbocycles. The molecule has 1 aliphatic heterocycles.